The van der Waals surface area contributed by atoms with Crippen LogP contribution in [0, 0.1) is 0 Å². The molecule has 0 amide bonds. The number of ether oxygens (including phenoxy) is 3. The quantitative estimate of drug-likeness (QED) is 0.366. The van der Waals surface area contributed by atoms with E-state index >= 15 is 0 Å². The van der Waals surface area contributed by atoms with Crippen molar-refractivity contribution in [1.82, 2.24) is 0 Å². The first-order chi connectivity index (χ1) is 9.91. The summed E-state index contributed by atoms with van der Waals surface area (Å²) in [4.78, 5) is 0. The summed E-state index contributed by atoms with van der Waals surface area (Å²) in [7, 11) is 0. The first-order valence-electron chi connectivity index (χ1n) is 8.65. The van der Waals surface area contributed by atoms with Crippen molar-refractivity contribution in [2.75, 3.05) is 39.6 Å². The van der Waals surface area contributed by atoms with E-state index in [4.69, 9.17) is 14.2 Å². The van der Waals surface area contributed by atoms with Crippen molar-refractivity contribution in [2.24, 2.45) is 0 Å². The predicted octanol–water partition coefficient (Wildman–Crippen LogP) is 4.59. The molecule has 0 radical (unpaired) electrons. The second-order valence-electron chi connectivity index (χ2n) is 5.31. The average Bonchev–Trinajstić information content (AvgIpc) is 2.47. The summed E-state index contributed by atoms with van der Waals surface area (Å²) in [6.45, 7) is 9.80. The largest absolute Gasteiger partial charge is 0.381 e. The van der Waals surface area contributed by atoms with Crippen LogP contribution in [0.4, 0.5) is 0 Å². The third-order valence-electron chi connectivity index (χ3n) is 3.15. The second-order valence-corrected chi connectivity index (χ2v) is 5.31. The van der Waals surface area contributed by atoms with Gasteiger partial charge in [-0.3, -0.25) is 0 Å². The second kappa shape index (κ2) is 18.9. The molecule has 122 valence electrons. The SMILES string of the molecule is CCCCOCCCCCOCCCCCOCCC. The maximum atomic E-state index is 5.62. The minimum Gasteiger partial charge on any atom is -0.381 e. The fourth-order valence-electron chi connectivity index (χ4n) is 1.87. The Morgan fingerprint density at radius 2 is 0.800 bits per heavy atom. The molecular formula is C17H36O3. The van der Waals surface area contributed by atoms with Gasteiger partial charge in [0.2, 0.25) is 0 Å². The van der Waals surface area contributed by atoms with Crippen LogP contribution in [0.1, 0.15) is 71.6 Å². The summed E-state index contributed by atoms with van der Waals surface area (Å²) >= 11 is 0. The fourth-order valence-corrected chi connectivity index (χ4v) is 1.87. The number of unbranched alkanes of at least 4 members (excludes halogenated alkanes) is 5. The summed E-state index contributed by atoms with van der Waals surface area (Å²) in [5.41, 5.74) is 0. The Bertz CT molecular complexity index is 144. The van der Waals surface area contributed by atoms with Crippen molar-refractivity contribution < 1.29 is 14.2 Å². The molecule has 0 aliphatic heterocycles. The Morgan fingerprint density at radius 3 is 1.20 bits per heavy atom. The molecule has 0 spiro atoms. The van der Waals surface area contributed by atoms with Gasteiger partial charge < -0.3 is 14.2 Å². The summed E-state index contributed by atoms with van der Waals surface area (Å²) in [6.07, 6.45) is 10.6. The van der Waals surface area contributed by atoms with Crippen LogP contribution in [0.15, 0.2) is 0 Å². The fraction of sp³-hybridized carbons (Fsp3) is 1.00. The lowest BCUT2D eigenvalue weighted by Gasteiger charge is -2.05. The lowest BCUT2D eigenvalue weighted by atomic mass is 10.2. The zero-order valence-corrected chi connectivity index (χ0v) is 13.8. The molecule has 0 aromatic rings. The van der Waals surface area contributed by atoms with Gasteiger partial charge in [0.05, 0.1) is 0 Å². The van der Waals surface area contributed by atoms with E-state index < -0.39 is 0 Å². The standard InChI is InChI=1S/C17H36O3/c1-3-5-13-19-15-9-7-11-17-20-16-10-6-8-14-18-12-4-2/h3-17H2,1-2H3. The molecular weight excluding hydrogens is 252 g/mol. The molecule has 0 unspecified atom stereocenters. The van der Waals surface area contributed by atoms with Crippen LogP contribution < -0.4 is 0 Å². The molecule has 0 atom stereocenters. The van der Waals surface area contributed by atoms with Crippen LogP contribution in [0.3, 0.4) is 0 Å². The highest BCUT2D eigenvalue weighted by atomic mass is 16.5. The van der Waals surface area contributed by atoms with Crippen molar-refractivity contribution >= 4 is 0 Å². The molecule has 0 N–H and O–H groups in total. The molecule has 0 aliphatic rings. The molecule has 0 aliphatic carbocycles. The van der Waals surface area contributed by atoms with Crippen molar-refractivity contribution in [3.05, 3.63) is 0 Å². The molecule has 3 nitrogen and oxygen atoms in total. The first-order valence-corrected chi connectivity index (χ1v) is 8.65. The molecule has 0 heterocycles. The smallest absolute Gasteiger partial charge is 0.0466 e. The van der Waals surface area contributed by atoms with E-state index in [2.05, 4.69) is 13.8 Å². The van der Waals surface area contributed by atoms with Gasteiger partial charge in [-0.15, -0.1) is 0 Å². The van der Waals surface area contributed by atoms with Crippen molar-refractivity contribution in [3.63, 3.8) is 0 Å². The zero-order valence-electron chi connectivity index (χ0n) is 13.8. The predicted molar refractivity (Wildman–Crippen MR) is 85.4 cm³/mol. The number of hydrogen-bond acceptors (Lipinski definition) is 3. The molecule has 3 heteroatoms. The molecule has 0 bridgehead atoms. The van der Waals surface area contributed by atoms with Gasteiger partial charge in [0.1, 0.15) is 0 Å². The third kappa shape index (κ3) is 17.9. The van der Waals surface area contributed by atoms with Crippen LogP contribution in [0.25, 0.3) is 0 Å². The van der Waals surface area contributed by atoms with Gasteiger partial charge in [-0.2, -0.15) is 0 Å². The van der Waals surface area contributed by atoms with E-state index in [-0.39, 0.29) is 0 Å². The lowest BCUT2D eigenvalue weighted by Crippen LogP contribution is -2.01. The van der Waals surface area contributed by atoms with Crippen molar-refractivity contribution in [2.45, 2.75) is 71.6 Å². The number of hydrogen-bond donors (Lipinski definition) is 0. The van der Waals surface area contributed by atoms with E-state index in [1.54, 1.807) is 0 Å². The number of rotatable bonds is 17. The normalized spacial score (nSPS) is 11.1. The van der Waals surface area contributed by atoms with Gasteiger partial charge in [0, 0.05) is 39.6 Å². The minimum atomic E-state index is 0.901. The van der Waals surface area contributed by atoms with E-state index in [1.165, 1.54) is 38.5 Å². The maximum absolute atomic E-state index is 5.62. The third-order valence-corrected chi connectivity index (χ3v) is 3.15. The van der Waals surface area contributed by atoms with Gasteiger partial charge >= 0.3 is 0 Å². The Labute approximate surface area is 126 Å². The van der Waals surface area contributed by atoms with Gasteiger partial charge in [-0.05, 0) is 51.4 Å². The van der Waals surface area contributed by atoms with E-state index in [9.17, 15) is 0 Å². The summed E-state index contributed by atoms with van der Waals surface area (Å²) in [6, 6.07) is 0. The zero-order chi connectivity index (χ0) is 14.7. The van der Waals surface area contributed by atoms with Crippen LogP contribution in [-0.4, -0.2) is 39.6 Å². The minimum absolute atomic E-state index is 0.901. The van der Waals surface area contributed by atoms with Gasteiger partial charge in [0.15, 0.2) is 0 Å². The Balaban J connectivity index is 2.89. The first kappa shape index (κ1) is 19.9. The van der Waals surface area contributed by atoms with Crippen LogP contribution in [-0.2, 0) is 14.2 Å². The van der Waals surface area contributed by atoms with Gasteiger partial charge in [-0.1, -0.05) is 20.3 Å². The monoisotopic (exact) mass is 288 g/mol. The maximum Gasteiger partial charge on any atom is 0.0466 e. The highest BCUT2D eigenvalue weighted by Gasteiger charge is 1.93. The summed E-state index contributed by atoms with van der Waals surface area (Å²) in [5, 5.41) is 0. The van der Waals surface area contributed by atoms with Crippen molar-refractivity contribution in [1.29, 1.82) is 0 Å². The topological polar surface area (TPSA) is 27.7 Å². The molecule has 20 heavy (non-hydrogen) atoms. The van der Waals surface area contributed by atoms with Crippen LogP contribution >= 0.6 is 0 Å². The van der Waals surface area contributed by atoms with E-state index in [1.807, 2.05) is 0 Å². The van der Waals surface area contributed by atoms with Crippen LogP contribution in [0.2, 0.25) is 0 Å². The molecule has 0 saturated heterocycles. The summed E-state index contributed by atoms with van der Waals surface area (Å²) in [5.74, 6) is 0. The molecule has 0 fully saturated rings. The van der Waals surface area contributed by atoms with E-state index in [0.29, 0.717) is 0 Å². The highest BCUT2D eigenvalue weighted by molar-refractivity contribution is 4.44. The van der Waals surface area contributed by atoms with Gasteiger partial charge in [0.25, 0.3) is 0 Å². The highest BCUT2D eigenvalue weighted by Crippen LogP contribution is 2.00. The molecule has 0 aromatic carbocycles. The van der Waals surface area contributed by atoms with E-state index in [0.717, 1.165) is 58.9 Å². The summed E-state index contributed by atoms with van der Waals surface area (Å²) < 4.78 is 16.6. The average molecular weight is 288 g/mol. The van der Waals surface area contributed by atoms with Crippen molar-refractivity contribution in [3.8, 4) is 0 Å². The molecule has 0 aromatic heterocycles. The molecule has 0 rings (SSSR count). The molecule has 0 saturated carbocycles. The Morgan fingerprint density at radius 1 is 0.400 bits per heavy atom. The Hall–Kier alpha value is -0.120. The lowest BCUT2D eigenvalue weighted by molar-refractivity contribution is 0.106. The van der Waals surface area contributed by atoms with Crippen LogP contribution in [0.5, 0.6) is 0 Å². The van der Waals surface area contributed by atoms with Gasteiger partial charge in [-0.25, -0.2) is 0 Å². The Kier molecular flexibility index (Phi) is 18.8.